The summed E-state index contributed by atoms with van der Waals surface area (Å²) in [4.78, 5) is 0. The quantitative estimate of drug-likeness (QED) is 0.257. The molecule has 1 heterocycles. The summed E-state index contributed by atoms with van der Waals surface area (Å²) in [7, 11) is 0. The van der Waals surface area contributed by atoms with Crippen molar-refractivity contribution in [1.29, 1.82) is 0 Å². The maximum absolute atomic E-state index is 11.5. The van der Waals surface area contributed by atoms with E-state index in [1.807, 2.05) is 109 Å². The van der Waals surface area contributed by atoms with E-state index in [9.17, 15) is 10.2 Å². The number of aliphatic hydroxyl groups is 2. The smallest absolute Gasteiger partial charge is 0.229 e. The van der Waals surface area contributed by atoms with Gasteiger partial charge in [0.2, 0.25) is 6.29 Å². The third-order valence-electron chi connectivity index (χ3n) is 6.92. The van der Waals surface area contributed by atoms with E-state index in [2.05, 4.69) is 0 Å². The number of aliphatic hydroxyl groups excluding tert-OH is 2. The third-order valence-corrected chi connectivity index (χ3v) is 6.92. The zero-order valence-corrected chi connectivity index (χ0v) is 22.8. The van der Waals surface area contributed by atoms with Gasteiger partial charge in [-0.05, 0) is 28.8 Å². The Balaban J connectivity index is 1.41. The van der Waals surface area contributed by atoms with Crippen molar-refractivity contribution in [3.05, 3.63) is 138 Å². The van der Waals surface area contributed by atoms with Crippen molar-refractivity contribution in [3.63, 3.8) is 0 Å². The molecule has 0 aromatic heterocycles. The first kappa shape index (κ1) is 29.0. The second-order valence-electron chi connectivity index (χ2n) is 9.98. The van der Waals surface area contributed by atoms with E-state index in [-0.39, 0.29) is 19.8 Å². The Hall–Kier alpha value is -3.56. The summed E-state index contributed by atoms with van der Waals surface area (Å²) in [6.45, 7) is 0.940. The first-order valence-corrected chi connectivity index (χ1v) is 13.8. The number of benzene rings is 4. The molecular formula is C34H36O7. The van der Waals surface area contributed by atoms with Crippen molar-refractivity contribution < 1.29 is 33.9 Å². The largest absolute Gasteiger partial charge is 0.462 e. The monoisotopic (exact) mass is 556 g/mol. The average molecular weight is 557 g/mol. The van der Waals surface area contributed by atoms with Gasteiger partial charge in [0.25, 0.3) is 0 Å². The molecule has 1 saturated heterocycles. The second-order valence-corrected chi connectivity index (χ2v) is 9.98. The Labute approximate surface area is 240 Å². The molecule has 0 spiro atoms. The number of para-hydroxylation sites is 1. The van der Waals surface area contributed by atoms with E-state index in [4.69, 9.17) is 23.7 Å². The van der Waals surface area contributed by atoms with E-state index < -0.39 is 36.8 Å². The van der Waals surface area contributed by atoms with E-state index in [1.54, 1.807) is 12.1 Å². The van der Waals surface area contributed by atoms with Gasteiger partial charge in [-0.25, -0.2) is 0 Å². The van der Waals surface area contributed by atoms with Gasteiger partial charge in [0.05, 0.1) is 26.4 Å². The van der Waals surface area contributed by atoms with E-state index in [0.717, 1.165) is 16.7 Å². The molecule has 214 valence electrons. The van der Waals surface area contributed by atoms with Gasteiger partial charge in [-0.1, -0.05) is 109 Å². The van der Waals surface area contributed by atoms with Crippen LogP contribution in [-0.2, 0) is 38.8 Å². The minimum absolute atomic E-state index is 0.119. The molecule has 6 atom stereocenters. The van der Waals surface area contributed by atoms with Gasteiger partial charge in [-0.2, -0.15) is 0 Å². The van der Waals surface area contributed by atoms with Gasteiger partial charge in [-0.3, -0.25) is 0 Å². The summed E-state index contributed by atoms with van der Waals surface area (Å²) in [5.74, 6) is 0.498. The summed E-state index contributed by atoms with van der Waals surface area (Å²) in [6.07, 6.45) is -6.44. The highest BCUT2D eigenvalue weighted by Gasteiger charge is 2.48. The van der Waals surface area contributed by atoms with E-state index >= 15 is 0 Å². The SMILES string of the molecule is O[C@@H]1[C@@H](O)[C@@H](Oc2ccccc2)O[C@H](COCc2ccccc2)[C@@H](OCc2ccccc2)[C@@H]1OCc1ccccc1. The summed E-state index contributed by atoms with van der Waals surface area (Å²) < 4.78 is 31.2. The minimum Gasteiger partial charge on any atom is -0.462 e. The van der Waals surface area contributed by atoms with E-state index in [1.165, 1.54) is 0 Å². The summed E-state index contributed by atoms with van der Waals surface area (Å²) in [5, 5.41) is 22.8. The van der Waals surface area contributed by atoms with Crippen molar-refractivity contribution in [2.75, 3.05) is 6.61 Å². The van der Waals surface area contributed by atoms with Crippen molar-refractivity contribution in [2.45, 2.75) is 56.6 Å². The highest BCUT2D eigenvalue weighted by Crippen LogP contribution is 2.29. The number of hydrogen-bond acceptors (Lipinski definition) is 7. The predicted octanol–water partition coefficient (Wildman–Crippen LogP) is 4.90. The van der Waals surface area contributed by atoms with Crippen LogP contribution in [0, 0.1) is 0 Å². The standard InChI is InChI=1S/C34H36O7/c35-30-31(36)34(40-28-19-11-4-12-20-28)41-29(24-37-21-25-13-5-1-6-14-25)32(38-22-26-15-7-2-8-16-26)33(30)39-23-27-17-9-3-10-18-27/h1-20,29-36H,21-24H2/t29-,30-,31-,32-,33-,34+/m1/s1. The Morgan fingerprint density at radius 1 is 0.537 bits per heavy atom. The first-order valence-electron chi connectivity index (χ1n) is 13.8. The molecule has 0 amide bonds. The molecule has 5 rings (SSSR count). The van der Waals surface area contributed by atoms with Gasteiger partial charge in [0.1, 0.15) is 36.3 Å². The fourth-order valence-corrected chi connectivity index (χ4v) is 4.75. The van der Waals surface area contributed by atoms with Crippen LogP contribution in [0.4, 0.5) is 0 Å². The first-order chi connectivity index (χ1) is 20.2. The van der Waals surface area contributed by atoms with Gasteiger partial charge in [0.15, 0.2) is 0 Å². The molecule has 7 heteroatoms. The summed E-state index contributed by atoms with van der Waals surface area (Å²) in [6, 6.07) is 38.3. The lowest BCUT2D eigenvalue weighted by Gasteiger charge is -2.33. The summed E-state index contributed by atoms with van der Waals surface area (Å²) >= 11 is 0. The van der Waals surface area contributed by atoms with Gasteiger partial charge in [0, 0.05) is 0 Å². The topological polar surface area (TPSA) is 86.6 Å². The fraction of sp³-hybridized carbons (Fsp3) is 0.294. The van der Waals surface area contributed by atoms with Crippen LogP contribution < -0.4 is 4.74 Å². The Morgan fingerprint density at radius 3 is 1.54 bits per heavy atom. The van der Waals surface area contributed by atoms with Crippen LogP contribution >= 0.6 is 0 Å². The molecule has 0 bridgehead atoms. The van der Waals surface area contributed by atoms with Crippen LogP contribution in [0.1, 0.15) is 16.7 Å². The molecule has 7 nitrogen and oxygen atoms in total. The molecule has 0 aliphatic carbocycles. The van der Waals surface area contributed by atoms with Crippen molar-refractivity contribution in [2.24, 2.45) is 0 Å². The lowest BCUT2D eigenvalue weighted by molar-refractivity contribution is -0.206. The van der Waals surface area contributed by atoms with Crippen LogP contribution in [0.2, 0.25) is 0 Å². The van der Waals surface area contributed by atoms with Gasteiger partial charge < -0.3 is 33.9 Å². The molecular weight excluding hydrogens is 520 g/mol. The molecule has 4 aromatic rings. The molecule has 0 unspecified atom stereocenters. The van der Waals surface area contributed by atoms with Crippen molar-refractivity contribution in [3.8, 4) is 5.75 Å². The lowest BCUT2D eigenvalue weighted by Crippen LogP contribution is -2.50. The van der Waals surface area contributed by atoms with Crippen LogP contribution in [0.3, 0.4) is 0 Å². The maximum Gasteiger partial charge on any atom is 0.229 e. The number of ether oxygens (including phenoxy) is 5. The minimum atomic E-state index is -1.42. The lowest BCUT2D eigenvalue weighted by atomic mass is 10.00. The Kier molecular flexibility index (Phi) is 10.5. The predicted molar refractivity (Wildman–Crippen MR) is 154 cm³/mol. The third kappa shape index (κ3) is 8.24. The van der Waals surface area contributed by atoms with Gasteiger partial charge >= 0.3 is 0 Å². The van der Waals surface area contributed by atoms with Crippen LogP contribution in [-0.4, -0.2) is 53.6 Å². The number of hydrogen-bond donors (Lipinski definition) is 2. The Morgan fingerprint density at radius 2 is 1.00 bits per heavy atom. The molecule has 1 aliphatic heterocycles. The molecule has 41 heavy (non-hydrogen) atoms. The Bertz CT molecular complexity index is 1270. The second kappa shape index (κ2) is 14.9. The highest BCUT2D eigenvalue weighted by molar-refractivity contribution is 5.21. The highest BCUT2D eigenvalue weighted by atomic mass is 16.7. The normalized spacial score (nSPS) is 24.4. The zero-order chi connectivity index (χ0) is 28.3. The fourth-order valence-electron chi connectivity index (χ4n) is 4.75. The zero-order valence-electron chi connectivity index (χ0n) is 22.8. The van der Waals surface area contributed by atoms with E-state index in [0.29, 0.717) is 12.4 Å². The van der Waals surface area contributed by atoms with Crippen molar-refractivity contribution in [1.82, 2.24) is 0 Å². The van der Waals surface area contributed by atoms with Crippen LogP contribution in [0.15, 0.2) is 121 Å². The molecule has 0 radical (unpaired) electrons. The molecule has 2 N–H and O–H groups in total. The molecule has 0 saturated carbocycles. The van der Waals surface area contributed by atoms with Gasteiger partial charge in [-0.15, -0.1) is 0 Å². The van der Waals surface area contributed by atoms with Crippen LogP contribution in [0.25, 0.3) is 0 Å². The molecule has 1 fully saturated rings. The van der Waals surface area contributed by atoms with Crippen LogP contribution in [0.5, 0.6) is 5.75 Å². The molecule has 1 aliphatic rings. The number of rotatable bonds is 12. The summed E-state index contributed by atoms with van der Waals surface area (Å²) in [5.41, 5.74) is 2.89. The van der Waals surface area contributed by atoms with Crippen molar-refractivity contribution >= 4 is 0 Å². The molecule has 4 aromatic carbocycles. The maximum atomic E-state index is 11.5. The average Bonchev–Trinajstić information content (AvgIpc) is 3.11.